The molecule has 0 atom stereocenters. The molecule has 0 unspecified atom stereocenters. The fourth-order valence-electron chi connectivity index (χ4n) is 2.45. The number of rotatable bonds is 3. The summed E-state index contributed by atoms with van der Waals surface area (Å²) >= 11 is 5.85. The molecular formula is C14H19ClN4O2. The molecule has 6 nitrogen and oxygen atoms in total. The van der Waals surface area contributed by atoms with Crippen molar-refractivity contribution in [2.75, 3.05) is 38.5 Å². The summed E-state index contributed by atoms with van der Waals surface area (Å²) in [5, 5.41) is 0.507. The molecule has 1 aromatic carbocycles. The van der Waals surface area contributed by atoms with Crippen LogP contribution in [0.4, 0.5) is 5.69 Å². The fraction of sp³-hybridized carbons (Fsp3) is 0.429. The number of amides is 2. The van der Waals surface area contributed by atoms with Crippen molar-refractivity contribution in [2.24, 2.45) is 5.73 Å². The lowest BCUT2D eigenvalue weighted by atomic mass is 10.1. The van der Waals surface area contributed by atoms with Crippen molar-refractivity contribution < 1.29 is 9.59 Å². The van der Waals surface area contributed by atoms with E-state index >= 15 is 0 Å². The van der Waals surface area contributed by atoms with Crippen molar-refractivity contribution in [3.05, 3.63) is 28.8 Å². The van der Waals surface area contributed by atoms with Crippen LogP contribution in [0.15, 0.2) is 18.2 Å². The number of hydrogen-bond acceptors (Lipinski definition) is 4. The first-order chi connectivity index (χ1) is 9.97. The smallest absolute Gasteiger partial charge is 0.255 e. The van der Waals surface area contributed by atoms with E-state index in [2.05, 4.69) is 0 Å². The summed E-state index contributed by atoms with van der Waals surface area (Å²) in [6, 6.07) is 4.88. The summed E-state index contributed by atoms with van der Waals surface area (Å²) in [7, 11) is 0. The molecule has 2 amide bonds. The summed E-state index contributed by atoms with van der Waals surface area (Å²) in [6.45, 7) is 2.79. The Balaban J connectivity index is 2.04. The van der Waals surface area contributed by atoms with Gasteiger partial charge < -0.3 is 16.4 Å². The lowest BCUT2D eigenvalue weighted by Crippen LogP contribution is -2.38. The zero-order valence-corrected chi connectivity index (χ0v) is 12.5. The Labute approximate surface area is 128 Å². The van der Waals surface area contributed by atoms with Crippen LogP contribution in [0.1, 0.15) is 16.8 Å². The molecule has 114 valence electrons. The number of carbonyl (C=O) groups excluding carboxylic acids is 2. The van der Waals surface area contributed by atoms with Gasteiger partial charge in [0, 0.05) is 36.9 Å². The van der Waals surface area contributed by atoms with Crippen LogP contribution in [0, 0.1) is 0 Å². The predicted octanol–water partition coefficient (Wildman–Crippen LogP) is 0.555. The molecule has 0 bridgehead atoms. The lowest BCUT2D eigenvalue weighted by molar-refractivity contribution is -0.119. The minimum absolute atomic E-state index is 0.106. The molecule has 1 heterocycles. The summed E-state index contributed by atoms with van der Waals surface area (Å²) < 4.78 is 0. The molecule has 0 aromatic heterocycles. The van der Waals surface area contributed by atoms with Crippen LogP contribution in [-0.2, 0) is 4.79 Å². The summed E-state index contributed by atoms with van der Waals surface area (Å²) in [5.41, 5.74) is 11.9. The highest BCUT2D eigenvalue weighted by Crippen LogP contribution is 2.20. The Morgan fingerprint density at radius 3 is 2.62 bits per heavy atom. The Morgan fingerprint density at radius 1 is 1.19 bits per heavy atom. The molecule has 1 aliphatic heterocycles. The van der Waals surface area contributed by atoms with E-state index < -0.39 is 0 Å². The quantitative estimate of drug-likeness (QED) is 0.798. The normalized spacial score (nSPS) is 16.5. The van der Waals surface area contributed by atoms with Crippen LogP contribution in [0.25, 0.3) is 0 Å². The number of anilines is 1. The zero-order valence-electron chi connectivity index (χ0n) is 11.7. The van der Waals surface area contributed by atoms with Crippen molar-refractivity contribution in [2.45, 2.75) is 6.42 Å². The van der Waals surface area contributed by atoms with Gasteiger partial charge in [-0.3, -0.25) is 14.5 Å². The van der Waals surface area contributed by atoms with Crippen LogP contribution < -0.4 is 11.5 Å². The molecule has 0 saturated carbocycles. The molecule has 2 rings (SSSR count). The topological polar surface area (TPSA) is 92.7 Å². The second-order valence-corrected chi connectivity index (χ2v) is 5.56. The minimum Gasteiger partial charge on any atom is -0.398 e. The van der Waals surface area contributed by atoms with E-state index in [9.17, 15) is 9.59 Å². The van der Waals surface area contributed by atoms with Crippen LogP contribution >= 0.6 is 11.6 Å². The van der Waals surface area contributed by atoms with Gasteiger partial charge in [-0.2, -0.15) is 0 Å². The van der Waals surface area contributed by atoms with Gasteiger partial charge in [0.25, 0.3) is 5.91 Å². The van der Waals surface area contributed by atoms with Crippen molar-refractivity contribution in [1.82, 2.24) is 9.80 Å². The summed E-state index contributed by atoms with van der Waals surface area (Å²) in [4.78, 5) is 27.2. The van der Waals surface area contributed by atoms with Gasteiger partial charge in [0.05, 0.1) is 12.1 Å². The maximum atomic E-state index is 12.5. The van der Waals surface area contributed by atoms with E-state index in [0.717, 1.165) is 13.0 Å². The predicted molar refractivity (Wildman–Crippen MR) is 82.0 cm³/mol. The fourth-order valence-corrected chi connectivity index (χ4v) is 2.63. The van der Waals surface area contributed by atoms with E-state index in [1.54, 1.807) is 23.1 Å². The molecular weight excluding hydrogens is 292 g/mol. The standard InChI is InChI=1S/C14H19ClN4O2/c15-10-2-3-11(12(16)8-10)14(21)19-5-1-4-18(6-7-19)9-13(17)20/h2-3,8H,1,4-7,9,16H2,(H2,17,20). The number of hydrogen-bond donors (Lipinski definition) is 2. The molecule has 1 fully saturated rings. The average Bonchev–Trinajstić information content (AvgIpc) is 2.63. The third-order valence-corrected chi connectivity index (χ3v) is 3.73. The monoisotopic (exact) mass is 310 g/mol. The van der Waals surface area contributed by atoms with E-state index in [0.29, 0.717) is 35.9 Å². The Morgan fingerprint density at radius 2 is 1.95 bits per heavy atom. The largest absolute Gasteiger partial charge is 0.398 e. The third kappa shape index (κ3) is 4.09. The molecule has 0 aliphatic carbocycles. The van der Waals surface area contributed by atoms with Gasteiger partial charge in [-0.15, -0.1) is 0 Å². The number of carbonyl (C=O) groups is 2. The summed E-state index contributed by atoms with van der Waals surface area (Å²) in [5.74, 6) is -0.457. The number of primary amides is 1. The Hall–Kier alpha value is -1.79. The van der Waals surface area contributed by atoms with Gasteiger partial charge in [0.1, 0.15) is 0 Å². The number of nitrogen functional groups attached to an aromatic ring is 1. The average molecular weight is 311 g/mol. The Bertz CT molecular complexity index is 550. The van der Waals surface area contributed by atoms with Gasteiger partial charge in [-0.25, -0.2) is 0 Å². The van der Waals surface area contributed by atoms with Gasteiger partial charge in [-0.1, -0.05) is 11.6 Å². The number of nitrogens with zero attached hydrogens (tertiary/aromatic N) is 2. The first kappa shape index (κ1) is 15.6. The third-order valence-electron chi connectivity index (χ3n) is 3.50. The van der Waals surface area contributed by atoms with Crippen molar-refractivity contribution in [3.8, 4) is 0 Å². The van der Waals surface area contributed by atoms with Gasteiger partial charge in [0.15, 0.2) is 0 Å². The molecule has 21 heavy (non-hydrogen) atoms. The van der Waals surface area contributed by atoms with Gasteiger partial charge >= 0.3 is 0 Å². The second-order valence-electron chi connectivity index (χ2n) is 5.12. The van der Waals surface area contributed by atoms with Crippen LogP contribution in [0.5, 0.6) is 0 Å². The van der Waals surface area contributed by atoms with Crippen molar-refractivity contribution >= 4 is 29.1 Å². The molecule has 4 N–H and O–H groups in total. The van der Waals surface area contributed by atoms with Gasteiger partial charge in [-0.05, 0) is 24.6 Å². The summed E-state index contributed by atoms with van der Waals surface area (Å²) in [6.07, 6.45) is 0.798. The zero-order chi connectivity index (χ0) is 15.4. The highest BCUT2D eigenvalue weighted by Gasteiger charge is 2.22. The molecule has 1 aromatic rings. The number of benzene rings is 1. The van der Waals surface area contributed by atoms with Gasteiger partial charge in [0.2, 0.25) is 5.91 Å². The van der Waals surface area contributed by atoms with E-state index in [4.69, 9.17) is 23.1 Å². The van der Waals surface area contributed by atoms with E-state index in [1.807, 2.05) is 4.90 Å². The first-order valence-electron chi connectivity index (χ1n) is 6.82. The van der Waals surface area contributed by atoms with E-state index in [1.165, 1.54) is 0 Å². The second kappa shape index (κ2) is 6.78. The highest BCUT2D eigenvalue weighted by molar-refractivity contribution is 6.31. The minimum atomic E-state index is -0.350. The molecule has 7 heteroatoms. The Kier molecular flexibility index (Phi) is 5.03. The maximum Gasteiger partial charge on any atom is 0.255 e. The lowest BCUT2D eigenvalue weighted by Gasteiger charge is -2.22. The van der Waals surface area contributed by atoms with Crippen LogP contribution in [0.3, 0.4) is 0 Å². The van der Waals surface area contributed by atoms with Crippen LogP contribution in [-0.4, -0.2) is 54.3 Å². The number of nitrogens with two attached hydrogens (primary N) is 2. The molecule has 0 spiro atoms. The van der Waals surface area contributed by atoms with Crippen LogP contribution in [0.2, 0.25) is 5.02 Å². The SMILES string of the molecule is NC(=O)CN1CCCN(C(=O)c2ccc(Cl)cc2N)CC1. The molecule has 0 radical (unpaired) electrons. The first-order valence-corrected chi connectivity index (χ1v) is 7.20. The number of halogens is 1. The van der Waals surface area contributed by atoms with E-state index in [-0.39, 0.29) is 18.4 Å². The maximum absolute atomic E-state index is 12.5. The molecule has 1 aliphatic rings. The van der Waals surface area contributed by atoms with Crippen molar-refractivity contribution in [3.63, 3.8) is 0 Å². The van der Waals surface area contributed by atoms with Crippen molar-refractivity contribution in [1.29, 1.82) is 0 Å². The highest BCUT2D eigenvalue weighted by atomic mass is 35.5. The molecule has 1 saturated heterocycles.